The predicted molar refractivity (Wildman–Crippen MR) is 148 cm³/mol. The van der Waals surface area contributed by atoms with Crippen molar-refractivity contribution in [1.29, 1.82) is 0 Å². The van der Waals surface area contributed by atoms with Gasteiger partial charge in [-0.1, -0.05) is 18.2 Å². The lowest BCUT2D eigenvalue weighted by atomic mass is 10.0. The minimum atomic E-state index is -0.525. The fourth-order valence-electron chi connectivity index (χ4n) is 4.92. The SMILES string of the molecule is CC(=O)Cc1cccc(-n2c(=O)n(C3CC3)c(=O)c3c(Cc4ccc(I)cc4F)n(C)c(=O)c(C)c32)c1. The summed E-state index contributed by atoms with van der Waals surface area (Å²) in [5, 5.41) is 0.223. The van der Waals surface area contributed by atoms with Crippen LogP contribution in [0.1, 0.15) is 48.2 Å². The Labute approximate surface area is 225 Å². The molecule has 0 N–H and O–H groups in total. The Balaban J connectivity index is 1.90. The minimum Gasteiger partial charge on any atom is -0.314 e. The molecule has 4 aromatic rings. The fraction of sp³-hybridized carbons (Fsp3) is 0.286. The number of benzene rings is 2. The van der Waals surface area contributed by atoms with Crippen molar-refractivity contribution in [2.45, 2.75) is 45.6 Å². The molecule has 1 aliphatic carbocycles. The fourth-order valence-corrected chi connectivity index (χ4v) is 5.38. The Morgan fingerprint density at radius 1 is 1.08 bits per heavy atom. The number of carbonyl (C=O) groups is 1. The molecule has 1 saturated carbocycles. The smallest absolute Gasteiger partial charge is 0.314 e. The number of hydrogen-bond donors (Lipinski definition) is 0. The second-order valence-electron chi connectivity index (χ2n) is 9.64. The molecule has 1 aliphatic rings. The van der Waals surface area contributed by atoms with Gasteiger partial charge in [-0.3, -0.25) is 23.5 Å². The first-order chi connectivity index (χ1) is 17.6. The van der Waals surface area contributed by atoms with E-state index in [-0.39, 0.29) is 46.7 Å². The number of aromatic nitrogens is 3. The lowest BCUT2D eigenvalue weighted by Crippen LogP contribution is -2.41. The van der Waals surface area contributed by atoms with Gasteiger partial charge in [0.2, 0.25) is 0 Å². The van der Waals surface area contributed by atoms with Crippen molar-refractivity contribution < 1.29 is 9.18 Å². The molecule has 7 nitrogen and oxygen atoms in total. The Morgan fingerprint density at radius 2 is 1.81 bits per heavy atom. The molecule has 190 valence electrons. The molecular weight excluding hydrogens is 588 g/mol. The average molecular weight is 613 g/mol. The van der Waals surface area contributed by atoms with E-state index in [1.807, 2.05) is 22.6 Å². The second kappa shape index (κ2) is 9.51. The summed E-state index contributed by atoms with van der Waals surface area (Å²) in [6.45, 7) is 3.08. The average Bonchev–Trinajstić information content (AvgIpc) is 3.67. The number of halogens is 2. The standard InChI is InChI=1S/C28H25FIN3O4/c1-15(34)11-17-5-4-6-21(12-17)32-25-16(2)26(35)31(3)23(13-18-7-8-19(30)14-22(18)29)24(25)27(36)33(28(32)37)20-9-10-20/h4-8,12,14,20H,9-11,13H2,1-3H3. The van der Waals surface area contributed by atoms with Gasteiger partial charge < -0.3 is 4.57 Å². The molecule has 1 fully saturated rings. The molecule has 0 unspecified atom stereocenters. The van der Waals surface area contributed by atoms with Crippen molar-refractivity contribution in [1.82, 2.24) is 13.7 Å². The summed E-state index contributed by atoms with van der Waals surface area (Å²) in [7, 11) is 1.57. The quantitative estimate of drug-likeness (QED) is 0.309. The van der Waals surface area contributed by atoms with Crippen LogP contribution < -0.4 is 16.8 Å². The minimum absolute atomic E-state index is 0.00770. The van der Waals surface area contributed by atoms with Gasteiger partial charge in [0, 0.05) is 40.8 Å². The molecule has 0 bridgehead atoms. The lowest BCUT2D eigenvalue weighted by Gasteiger charge is -2.20. The summed E-state index contributed by atoms with van der Waals surface area (Å²) in [6.07, 6.45) is 1.61. The summed E-state index contributed by atoms with van der Waals surface area (Å²) < 4.78 is 19.6. The van der Waals surface area contributed by atoms with E-state index in [0.29, 0.717) is 29.8 Å². The van der Waals surface area contributed by atoms with Crippen molar-refractivity contribution >= 4 is 39.3 Å². The highest BCUT2D eigenvalue weighted by Gasteiger charge is 2.31. The summed E-state index contributed by atoms with van der Waals surface area (Å²) in [6, 6.07) is 11.6. The summed E-state index contributed by atoms with van der Waals surface area (Å²) >= 11 is 2.02. The van der Waals surface area contributed by atoms with Gasteiger partial charge in [0.05, 0.1) is 16.6 Å². The first-order valence-corrected chi connectivity index (χ1v) is 13.1. The van der Waals surface area contributed by atoms with Crippen LogP contribution in [0.4, 0.5) is 4.39 Å². The van der Waals surface area contributed by atoms with Crippen LogP contribution in [0.15, 0.2) is 56.8 Å². The molecule has 2 aromatic carbocycles. The lowest BCUT2D eigenvalue weighted by molar-refractivity contribution is -0.116. The van der Waals surface area contributed by atoms with Gasteiger partial charge in [0.1, 0.15) is 11.6 Å². The summed E-state index contributed by atoms with van der Waals surface area (Å²) in [5.41, 5.74) is 0.973. The molecule has 2 heterocycles. The zero-order valence-corrected chi connectivity index (χ0v) is 22.8. The van der Waals surface area contributed by atoms with Crippen molar-refractivity contribution in [2.75, 3.05) is 0 Å². The Morgan fingerprint density at radius 3 is 2.46 bits per heavy atom. The maximum absolute atomic E-state index is 14.9. The number of carbonyl (C=O) groups excluding carboxylic acids is 1. The maximum atomic E-state index is 14.9. The molecule has 0 amide bonds. The van der Waals surface area contributed by atoms with Crippen molar-refractivity contribution in [3.05, 3.63) is 105 Å². The van der Waals surface area contributed by atoms with Crippen LogP contribution in [0, 0.1) is 16.3 Å². The number of fused-ring (bicyclic) bond motifs is 1. The molecular formula is C28H25FIN3O4. The van der Waals surface area contributed by atoms with Gasteiger partial charge >= 0.3 is 5.69 Å². The summed E-state index contributed by atoms with van der Waals surface area (Å²) in [4.78, 5) is 52.8. The maximum Gasteiger partial charge on any atom is 0.336 e. The van der Waals surface area contributed by atoms with Crippen molar-refractivity contribution in [3.63, 3.8) is 0 Å². The molecule has 37 heavy (non-hydrogen) atoms. The number of hydrogen-bond acceptors (Lipinski definition) is 4. The van der Waals surface area contributed by atoms with E-state index in [1.54, 1.807) is 50.4 Å². The van der Waals surface area contributed by atoms with Gasteiger partial charge in [-0.05, 0) is 84.7 Å². The highest BCUT2D eigenvalue weighted by Crippen LogP contribution is 2.33. The molecule has 0 spiro atoms. The van der Waals surface area contributed by atoms with Crippen LogP contribution in [-0.4, -0.2) is 19.5 Å². The normalized spacial score (nSPS) is 13.3. The third-order valence-electron chi connectivity index (χ3n) is 6.87. The van der Waals surface area contributed by atoms with Gasteiger partial charge in [-0.25, -0.2) is 9.18 Å². The van der Waals surface area contributed by atoms with E-state index in [2.05, 4.69) is 0 Å². The highest BCUT2D eigenvalue weighted by atomic mass is 127. The van der Waals surface area contributed by atoms with Gasteiger partial charge in [-0.2, -0.15) is 0 Å². The predicted octanol–water partition coefficient (Wildman–Crippen LogP) is 3.96. The van der Waals surface area contributed by atoms with Crippen molar-refractivity contribution in [2.24, 2.45) is 7.05 Å². The summed E-state index contributed by atoms with van der Waals surface area (Å²) in [5.74, 6) is -0.454. The molecule has 0 atom stereocenters. The largest absolute Gasteiger partial charge is 0.336 e. The molecule has 0 saturated heterocycles. The molecule has 9 heteroatoms. The van der Waals surface area contributed by atoms with E-state index < -0.39 is 17.1 Å². The highest BCUT2D eigenvalue weighted by molar-refractivity contribution is 14.1. The molecule has 2 aromatic heterocycles. The molecule has 0 radical (unpaired) electrons. The number of pyridine rings is 1. The van der Waals surface area contributed by atoms with Crippen LogP contribution in [0.3, 0.4) is 0 Å². The molecule has 0 aliphatic heterocycles. The second-order valence-corrected chi connectivity index (χ2v) is 10.9. The zero-order chi connectivity index (χ0) is 26.6. The van der Waals surface area contributed by atoms with E-state index in [9.17, 15) is 23.6 Å². The van der Waals surface area contributed by atoms with E-state index in [0.717, 1.165) is 9.13 Å². The Bertz CT molecular complexity index is 1780. The number of ketones is 1. The van der Waals surface area contributed by atoms with E-state index in [4.69, 9.17) is 0 Å². The van der Waals surface area contributed by atoms with Crippen LogP contribution in [-0.2, 0) is 24.7 Å². The topological polar surface area (TPSA) is 83.1 Å². The first-order valence-electron chi connectivity index (χ1n) is 12.0. The first kappa shape index (κ1) is 25.3. The van der Waals surface area contributed by atoms with E-state index in [1.165, 1.54) is 26.7 Å². The third kappa shape index (κ3) is 4.49. The third-order valence-corrected chi connectivity index (χ3v) is 7.54. The van der Waals surface area contributed by atoms with E-state index >= 15 is 0 Å². The number of rotatable bonds is 6. The van der Waals surface area contributed by atoms with Crippen LogP contribution in [0.5, 0.6) is 0 Å². The molecule has 5 rings (SSSR count). The number of aryl methyl sites for hydroxylation is 1. The van der Waals surface area contributed by atoms with Crippen molar-refractivity contribution in [3.8, 4) is 5.69 Å². The van der Waals surface area contributed by atoms with Crippen LogP contribution in [0.2, 0.25) is 0 Å². The number of Topliss-reactive ketones (excluding diaryl/α,β-unsaturated/α-hetero) is 1. The number of nitrogens with zero attached hydrogens (tertiary/aromatic N) is 3. The van der Waals surface area contributed by atoms with Crippen LogP contribution in [0.25, 0.3) is 16.6 Å². The van der Waals surface area contributed by atoms with Gasteiger partial charge in [0.25, 0.3) is 11.1 Å². The zero-order valence-electron chi connectivity index (χ0n) is 20.7. The van der Waals surface area contributed by atoms with Gasteiger partial charge in [-0.15, -0.1) is 0 Å². The van der Waals surface area contributed by atoms with Crippen LogP contribution >= 0.6 is 22.6 Å². The monoisotopic (exact) mass is 613 g/mol. The Kier molecular flexibility index (Phi) is 6.51. The Hall–Kier alpha value is -3.34. The van der Waals surface area contributed by atoms with Gasteiger partial charge in [0.15, 0.2) is 0 Å².